The van der Waals surface area contributed by atoms with Crippen LogP contribution in [0.1, 0.15) is 12.0 Å². The zero-order chi connectivity index (χ0) is 14.7. The Morgan fingerprint density at radius 2 is 2.20 bits per heavy atom. The first-order chi connectivity index (χ1) is 9.52. The number of hydrogen-bond donors (Lipinski definition) is 1. The first-order valence-corrected chi connectivity index (χ1v) is 7.33. The molecule has 20 heavy (non-hydrogen) atoms. The van der Waals surface area contributed by atoms with Crippen LogP contribution in [0, 0.1) is 11.7 Å². The maximum absolute atomic E-state index is 13.8. The van der Waals surface area contributed by atoms with E-state index < -0.39 is 0 Å². The number of aliphatic hydroxyl groups excluding tert-OH is 1. The molecule has 3 nitrogen and oxygen atoms in total. The fraction of sp³-hybridized carbons (Fsp3) is 0.600. The lowest BCUT2D eigenvalue weighted by Gasteiger charge is -2.41. The van der Waals surface area contributed by atoms with Crippen LogP contribution in [0.4, 0.5) is 4.39 Å². The van der Waals surface area contributed by atoms with Crippen molar-refractivity contribution in [2.75, 3.05) is 33.8 Å². The number of hydrogen-bond acceptors (Lipinski definition) is 3. The Morgan fingerprint density at radius 3 is 2.80 bits per heavy atom. The minimum atomic E-state index is -0.257. The van der Waals surface area contributed by atoms with E-state index in [-0.39, 0.29) is 18.3 Å². The zero-order valence-corrected chi connectivity index (χ0v) is 12.8. The Morgan fingerprint density at radius 1 is 1.45 bits per heavy atom. The van der Waals surface area contributed by atoms with Crippen LogP contribution in [-0.2, 0) is 6.54 Å². The summed E-state index contributed by atoms with van der Waals surface area (Å²) in [4.78, 5) is 4.33. The number of rotatable bonds is 4. The van der Waals surface area contributed by atoms with Crippen molar-refractivity contribution >= 4 is 11.6 Å². The SMILES string of the molecule is CN(C)[C@@H]1CCN(Cc2c(F)cccc2Cl)C[C@@H]1CO. The molecule has 1 aliphatic heterocycles. The van der Waals surface area contributed by atoms with Crippen molar-refractivity contribution in [2.45, 2.75) is 19.0 Å². The lowest BCUT2D eigenvalue weighted by molar-refractivity contribution is 0.0450. The van der Waals surface area contributed by atoms with Crippen molar-refractivity contribution in [1.29, 1.82) is 0 Å². The van der Waals surface area contributed by atoms with E-state index in [9.17, 15) is 9.50 Å². The van der Waals surface area contributed by atoms with Crippen LogP contribution < -0.4 is 0 Å². The molecule has 1 aliphatic rings. The van der Waals surface area contributed by atoms with Gasteiger partial charge in [-0.15, -0.1) is 0 Å². The molecule has 0 unspecified atom stereocenters. The Hall–Kier alpha value is -0.680. The Balaban J connectivity index is 2.05. The molecule has 1 aromatic carbocycles. The molecule has 1 fully saturated rings. The largest absolute Gasteiger partial charge is 0.396 e. The molecular formula is C15H22ClFN2O. The number of halogens is 2. The second-order valence-electron chi connectivity index (χ2n) is 5.70. The molecule has 0 amide bonds. The van der Waals surface area contributed by atoms with Gasteiger partial charge in [0.25, 0.3) is 0 Å². The Labute approximate surface area is 124 Å². The number of aliphatic hydroxyl groups is 1. The van der Waals surface area contributed by atoms with Gasteiger partial charge in [0.15, 0.2) is 0 Å². The molecule has 0 radical (unpaired) electrons. The summed E-state index contributed by atoms with van der Waals surface area (Å²) in [7, 11) is 4.08. The van der Waals surface area contributed by atoms with Gasteiger partial charge in [-0.2, -0.15) is 0 Å². The van der Waals surface area contributed by atoms with E-state index in [0.717, 1.165) is 19.5 Å². The van der Waals surface area contributed by atoms with Crippen LogP contribution in [-0.4, -0.2) is 54.7 Å². The summed E-state index contributed by atoms with van der Waals surface area (Å²) in [6, 6.07) is 5.16. The van der Waals surface area contributed by atoms with Gasteiger partial charge in [-0.05, 0) is 32.6 Å². The lowest BCUT2D eigenvalue weighted by Crippen LogP contribution is -2.49. The maximum Gasteiger partial charge on any atom is 0.129 e. The first kappa shape index (κ1) is 15.7. The predicted octanol–water partition coefficient (Wildman–Crippen LogP) is 2.22. The fourth-order valence-electron chi connectivity index (χ4n) is 3.01. The highest BCUT2D eigenvalue weighted by molar-refractivity contribution is 6.31. The van der Waals surface area contributed by atoms with Gasteiger partial charge < -0.3 is 10.0 Å². The highest BCUT2D eigenvalue weighted by Gasteiger charge is 2.30. The second-order valence-corrected chi connectivity index (χ2v) is 6.10. The van der Waals surface area contributed by atoms with Gasteiger partial charge in [0.1, 0.15) is 5.82 Å². The van der Waals surface area contributed by atoms with E-state index in [2.05, 4.69) is 9.80 Å². The van der Waals surface area contributed by atoms with Crippen LogP contribution in [0.25, 0.3) is 0 Å². The molecule has 1 N–H and O–H groups in total. The predicted molar refractivity (Wildman–Crippen MR) is 79.4 cm³/mol. The molecule has 2 atom stereocenters. The van der Waals surface area contributed by atoms with Gasteiger partial charge in [0.05, 0.1) is 0 Å². The van der Waals surface area contributed by atoms with E-state index in [1.165, 1.54) is 6.07 Å². The lowest BCUT2D eigenvalue weighted by atomic mass is 9.91. The van der Waals surface area contributed by atoms with E-state index in [1.54, 1.807) is 12.1 Å². The molecule has 112 valence electrons. The van der Waals surface area contributed by atoms with Crippen LogP contribution >= 0.6 is 11.6 Å². The minimum absolute atomic E-state index is 0.157. The van der Waals surface area contributed by atoms with Gasteiger partial charge in [0, 0.05) is 48.8 Å². The van der Waals surface area contributed by atoms with Gasteiger partial charge in [-0.25, -0.2) is 4.39 Å². The summed E-state index contributed by atoms with van der Waals surface area (Å²) in [5, 5.41) is 10.0. The fourth-order valence-corrected chi connectivity index (χ4v) is 3.23. The average Bonchev–Trinajstić information content (AvgIpc) is 2.42. The van der Waals surface area contributed by atoms with Crippen LogP contribution in [0.15, 0.2) is 18.2 Å². The van der Waals surface area contributed by atoms with Gasteiger partial charge >= 0.3 is 0 Å². The van der Waals surface area contributed by atoms with E-state index in [4.69, 9.17) is 11.6 Å². The molecule has 1 aromatic rings. The van der Waals surface area contributed by atoms with Crippen LogP contribution in [0.2, 0.25) is 5.02 Å². The number of nitrogens with zero attached hydrogens (tertiary/aromatic N) is 2. The number of piperidine rings is 1. The van der Waals surface area contributed by atoms with Gasteiger partial charge in [-0.3, -0.25) is 4.90 Å². The third-order valence-corrected chi connectivity index (χ3v) is 4.47. The third kappa shape index (κ3) is 3.50. The summed E-state index contributed by atoms with van der Waals surface area (Å²) < 4.78 is 13.8. The van der Waals surface area contributed by atoms with E-state index in [0.29, 0.717) is 23.2 Å². The molecular weight excluding hydrogens is 279 g/mol. The Kier molecular flexibility index (Phi) is 5.38. The minimum Gasteiger partial charge on any atom is -0.396 e. The van der Waals surface area contributed by atoms with Crippen molar-refractivity contribution in [3.63, 3.8) is 0 Å². The van der Waals surface area contributed by atoms with Crippen molar-refractivity contribution in [1.82, 2.24) is 9.80 Å². The summed E-state index contributed by atoms with van der Waals surface area (Å²) in [6.45, 7) is 2.32. The van der Waals surface area contributed by atoms with Crippen molar-refractivity contribution < 1.29 is 9.50 Å². The summed E-state index contributed by atoms with van der Waals surface area (Å²) in [5.41, 5.74) is 0.550. The molecule has 0 aliphatic carbocycles. The molecule has 0 aromatic heterocycles. The summed E-state index contributed by atoms with van der Waals surface area (Å²) in [6.07, 6.45) is 0.976. The zero-order valence-electron chi connectivity index (χ0n) is 12.0. The van der Waals surface area contributed by atoms with Crippen LogP contribution in [0.5, 0.6) is 0 Å². The van der Waals surface area contributed by atoms with Crippen molar-refractivity contribution in [2.24, 2.45) is 5.92 Å². The van der Waals surface area contributed by atoms with Gasteiger partial charge in [-0.1, -0.05) is 17.7 Å². The molecule has 1 heterocycles. The third-order valence-electron chi connectivity index (χ3n) is 4.12. The molecule has 2 rings (SSSR count). The summed E-state index contributed by atoms with van der Waals surface area (Å²) in [5.74, 6) is -0.0583. The van der Waals surface area contributed by atoms with Crippen LogP contribution in [0.3, 0.4) is 0 Å². The van der Waals surface area contributed by atoms with Crippen molar-refractivity contribution in [3.8, 4) is 0 Å². The topological polar surface area (TPSA) is 26.7 Å². The average molecular weight is 301 g/mol. The molecule has 0 bridgehead atoms. The molecule has 0 spiro atoms. The quantitative estimate of drug-likeness (QED) is 0.924. The highest BCUT2D eigenvalue weighted by Crippen LogP contribution is 2.25. The smallest absolute Gasteiger partial charge is 0.129 e. The highest BCUT2D eigenvalue weighted by atomic mass is 35.5. The van der Waals surface area contributed by atoms with Gasteiger partial charge in [0.2, 0.25) is 0 Å². The monoisotopic (exact) mass is 300 g/mol. The standard InChI is InChI=1S/C15H22ClFN2O/c1-18(2)15-6-7-19(8-11(15)10-20)9-12-13(16)4-3-5-14(12)17/h3-5,11,15,20H,6-10H2,1-2H3/t11-,15-/m1/s1. The number of likely N-dealkylation sites (tertiary alicyclic amines) is 1. The first-order valence-electron chi connectivity index (χ1n) is 6.95. The molecule has 5 heteroatoms. The number of benzene rings is 1. The van der Waals surface area contributed by atoms with E-state index in [1.807, 2.05) is 14.1 Å². The normalized spacial score (nSPS) is 24.3. The van der Waals surface area contributed by atoms with E-state index >= 15 is 0 Å². The molecule has 1 saturated heterocycles. The second kappa shape index (κ2) is 6.85. The van der Waals surface area contributed by atoms with Crippen molar-refractivity contribution in [3.05, 3.63) is 34.6 Å². The Bertz CT molecular complexity index is 435. The summed E-state index contributed by atoms with van der Waals surface area (Å²) >= 11 is 6.07. The maximum atomic E-state index is 13.8. The molecule has 0 saturated carbocycles.